The second kappa shape index (κ2) is 9.51. The van der Waals surface area contributed by atoms with Gasteiger partial charge in [-0.05, 0) is 49.9 Å². The Morgan fingerprint density at radius 2 is 1.76 bits per heavy atom. The summed E-state index contributed by atoms with van der Waals surface area (Å²) < 4.78 is 34.9. The standard InChI is InChI=1S/C24H30N4O4S/c1-16(2)23-26-24(32-27-23)28-13-11-18(12-14-28)17(3)31-20-7-10-22(25-15-20)19-5-8-21(9-6-19)33(4,29)30/h5-10,15-18H,11-14H2,1-4H3. The molecule has 3 heterocycles. The fourth-order valence-corrected chi connectivity index (χ4v) is 4.58. The quantitative estimate of drug-likeness (QED) is 0.503. The first kappa shape index (κ1) is 23.2. The monoisotopic (exact) mass is 470 g/mol. The lowest BCUT2D eigenvalue weighted by Crippen LogP contribution is -2.38. The van der Waals surface area contributed by atoms with Gasteiger partial charge in [0.2, 0.25) is 0 Å². The van der Waals surface area contributed by atoms with Gasteiger partial charge in [0, 0.05) is 30.8 Å². The van der Waals surface area contributed by atoms with E-state index >= 15 is 0 Å². The van der Waals surface area contributed by atoms with E-state index in [1.807, 2.05) is 12.1 Å². The van der Waals surface area contributed by atoms with Gasteiger partial charge in [-0.2, -0.15) is 4.98 Å². The van der Waals surface area contributed by atoms with Crippen molar-refractivity contribution in [1.29, 1.82) is 0 Å². The highest BCUT2D eigenvalue weighted by molar-refractivity contribution is 7.90. The van der Waals surface area contributed by atoms with Gasteiger partial charge < -0.3 is 14.2 Å². The third kappa shape index (κ3) is 5.52. The topological polar surface area (TPSA) is 98.4 Å². The van der Waals surface area contributed by atoms with Crippen LogP contribution in [0.1, 0.15) is 45.4 Å². The Kier molecular flexibility index (Phi) is 6.69. The lowest BCUT2D eigenvalue weighted by Gasteiger charge is -2.33. The molecule has 4 rings (SSSR count). The molecule has 0 radical (unpaired) electrons. The Bertz CT molecular complexity index is 1170. The molecule has 1 aromatic carbocycles. The maximum Gasteiger partial charge on any atom is 0.324 e. The number of aromatic nitrogens is 3. The predicted octanol–water partition coefficient (Wildman–Crippen LogP) is 4.34. The normalized spacial score (nSPS) is 16.2. The molecule has 8 nitrogen and oxygen atoms in total. The van der Waals surface area contributed by atoms with E-state index in [1.54, 1.807) is 30.5 Å². The summed E-state index contributed by atoms with van der Waals surface area (Å²) in [6, 6.07) is 11.1. The average molecular weight is 471 g/mol. The number of ether oxygens (including phenoxy) is 1. The molecular formula is C24H30N4O4S. The van der Waals surface area contributed by atoms with E-state index in [1.165, 1.54) is 6.26 Å². The summed E-state index contributed by atoms with van der Waals surface area (Å²) in [6.45, 7) is 7.92. The Morgan fingerprint density at radius 1 is 1.06 bits per heavy atom. The highest BCUT2D eigenvalue weighted by Gasteiger charge is 2.28. The number of rotatable bonds is 7. The van der Waals surface area contributed by atoms with Crippen LogP contribution >= 0.6 is 0 Å². The number of nitrogens with zero attached hydrogens (tertiary/aromatic N) is 4. The minimum absolute atomic E-state index is 0.0581. The second-order valence-electron chi connectivity index (χ2n) is 8.91. The smallest absolute Gasteiger partial charge is 0.324 e. The lowest BCUT2D eigenvalue weighted by atomic mass is 9.92. The van der Waals surface area contributed by atoms with Gasteiger partial charge in [0.1, 0.15) is 5.75 Å². The third-order valence-electron chi connectivity index (χ3n) is 6.06. The van der Waals surface area contributed by atoms with Gasteiger partial charge in [-0.25, -0.2) is 8.42 Å². The molecule has 1 aliphatic heterocycles. The van der Waals surface area contributed by atoms with E-state index in [0.717, 1.165) is 48.8 Å². The molecule has 1 aliphatic rings. The van der Waals surface area contributed by atoms with Crippen LogP contribution in [0, 0.1) is 5.92 Å². The summed E-state index contributed by atoms with van der Waals surface area (Å²) in [6.07, 6.45) is 4.95. The van der Waals surface area contributed by atoms with E-state index in [-0.39, 0.29) is 12.0 Å². The summed E-state index contributed by atoms with van der Waals surface area (Å²) in [5, 5.41) is 4.06. The lowest BCUT2D eigenvalue weighted by molar-refractivity contribution is 0.131. The van der Waals surface area contributed by atoms with Gasteiger partial charge in [-0.1, -0.05) is 31.1 Å². The van der Waals surface area contributed by atoms with Crippen LogP contribution in [0.15, 0.2) is 52.0 Å². The number of anilines is 1. The molecular weight excluding hydrogens is 440 g/mol. The van der Waals surface area contributed by atoms with E-state index in [9.17, 15) is 8.42 Å². The molecule has 0 amide bonds. The van der Waals surface area contributed by atoms with E-state index in [0.29, 0.717) is 16.8 Å². The summed E-state index contributed by atoms with van der Waals surface area (Å²) in [4.78, 5) is 11.4. The van der Waals surface area contributed by atoms with Crippen molar-refractivity contribution in [2.24, 2.45) is 5.92 Å². The van der Waals surface area contributed by atoms with Crippen molar-refractivity contribution in [3.63, 3.8) is 0 Å². The molecule has 0 N–H and O–H groups in total. The van der Waals surface area contributed by atoms with Crippen LogP contribution in [0.5, 0.6) is 5.75 Å². The van der Waals surface area contributed by atoms with Crippen LogP contribution in [-0.4, -0.2) is 49.0 Å². The Labute approximate surface area is 194 Å². The first-order valence-corrected chi connectivity index (χ1v) is 13.1. The van der Waals surface area contributed by atoms with Crippen molar-refractivity contribution < 1.29 is 17.7 Å². The Balaban J connectivity index is 1.32. The molecule has 0 saturated carbocycles. The molecule has 2 aromatic heterocycles. The van der Waals surface area contributed by atoms with Crippen molar-refractivity contribution >= 4 is 15.9 Å². The minimum atomic E-state index is -3.21. The van der Waals surface area contributed by atoms with Crippen LogP contribution in [0.25, 0.3) is 11.3 Å². The van der Waals surface area contributed by atoms with Crippen LogP contribution in [0.4, 0.5) is 6.01 Å². The van der Waals surface area contributed by atoms with Gasteiger partial charge in [-0.15, -0.1) is 0 Å². The zero-order chi connectivity index (χ0) is 23.6. The van der Waals surface area contributed by atoms with Gasteiger partial charge >= 0.3 is 6.01 Å². The largest absolute Gasteiger partial charge is 0.489 e. The number of sulfone groups is 1. The number of hydrogen-bond donors (Lipinski definition) is 0. The van der Waals surface area contributed by atoms with Crippen LogP contribution < -0.4 is 9.64 Å². The first-order valence-electron chi connectivity index (χ1n) is 11.2. The van der Waals surface area contributed by atoms with Gasteiger partial charge in [0.25, 0.3) is 0 Å². The van der Waals surface area contributed by atoms with Crippen molar-refractivity contribution in [3.05, 3.63) is 48.4 Å². The number of piperidine rings is 1. The maximum absolute atomic E-state index is 11.6. The van der Waals surface area contributed by atoms with Crippen molar-refractivity contribution in [2.45, 2.75) is 50.5 Å². The van der Waals surface area contributed by atoms with Gasteiger partial charge in [-0.3, -0.25) is 4.98 Å². The van der Waals surface area contributed by atoms with E-state index in [4.69, 9.17) is 9.26 Å². The maximum atomic E-state index is 11.6. The third-order valence-corrected chi connectivity index (χ3v) is 7.19. The van der Waals surface area contributed by atoms with Gasteiger partial charge in [0.15, 0.2) is 15.7 Å². The molecule has 0 bridgehead atoms. The Hall–Kier alpha value is -2.94. The average Bonchev–Trinajstić information content (AvgIpc) is 3.30. The second-order valence-corrected chi connectivity index (χ2v) is 10.9. The summed E-state index contributed by atoms with van der Waals surface area (Å²) in [5.41, 5.74) is 1.62. The van der Waals surface area contributed by atoms with Crippen molar-refractivity contribution in [2.75, 3.05) is 24.2 Å². The Morgan fingerprint density at radius 3 is 2.30 bits per heavy atom. The molecule has 1 atom stereocenters. The van der Waals surface area contributed by atoms with Crippen LogP contribution in [0.3, 0.4) is 0 Å². The van der Waals surface area contributed by atoms with Crippen LogP contribution in [-0.2, 0) is 9.84 Å². The SMILES string of the molecule is CC(C)c1noc(N2CCC(C(C)Oc3ccc(-c4ccc(S(C)(=O)=O)cc4)nc3)CC2)n1. The minimum Gasteiger partial charge on any atom is -0.489 e. The highest BCUT2D eigenvalue weighted by Crippen LogP contribution is 2.28. The molecule has 1 fully saturated rings. The van der Waals surface area contributed by atoms with Crippen LogP contribution in [0.2, 0.25) is 0 Å². The molecule has 33 heavy (non-hydrogen) atoms. The van der Waals surface area contributed by atoms with E-state index in [2.05, 4.69) is 40.8 Å². The zero-order valence-corrected chi connectivity index (χ0v) is 20.2. The molecule has 1 saturated heterocycles. The van der Waals surface area contributed by atoms with Gasteiger partial charge in [0.05, 0.1) is 22.9 Å². The molecule has 0 aliphatic carbocycles. The number of benzene rings is 1. The predicted molar refractivity (Wildman–Crippen MR) is 126 cm³/mol. The molecule has 1 unspecified atom stereocenters. The van der Waals surface area contributed by atoms with Crippen molar-refractivity contribution in [3.8, 4) is 17.0 Å². The molecule has 3 aromatic rings. The molecule has 9 heteroatoms. The zero-order valence-electron chi connectivity index (χ0n) is 19.4. The highest BCUT2D eigenvalue weighted by atomic mass is 32.2. The summed E-state index contributed by atoms with van der Waals surface area (Å²) in [5.74, 6) is 2.14. The molecule has 0 spiro atoms. The molecule has 176 valence electrons. The first-order chi connectivity index (χ1) is 15.7. The van der Waals surface area contributed by atoms with E-state index < -0.39 is 9.84 Å². The summed E-state index contributed by atoms with van der Waals surface area (Å²) in [7, 11) is -3.21. The fraction of sp³-hybridized carbons (Fsp3) is 0.458. The van der Waals surface area contributed by atoms with Crippen molar-refractivity contribution in [1.82, 2.24) is 15.1 Å². The summed E-state index contributed by atoms with van der Waals surface area (Å²) >= 11 is 0. The number of hydrogen-bond acceptors (Lipinski definition) is 8. The number of pyridine rings is 1. The fourth-order valence-electron chi connectivity index (χ4n) is 3.95.